The predicted molar refractivity (Wildman–Crippen MR) is 92.3 cm³/mol. The Morgan fingerprint density at radius 2 is 1.67 bits per heavy atom. The van der Waals surface area contributed by atoms with Crippen molar-refractivity contribution in [2.75, 3.05) is 7.11 Å². The first kappa shape index (κ1) is 18.2. The minimum Gasteiger partial charge on any atom is -0.496 e. The maximum absolute atomic E-state index is 12.1. The molecule has 0 aliphatic heterocycles. The van der Waals surface area contributed by atoms with Crippen molar-refractivity contribution in [3.05, 3.63) is 28.2 Å². The Balaban J connectivity index is 2.20. The van der Waals surface area contributed by atoms with Crippen LogP contribution in [0.4, 0.5) is 0 Å². The van der Waals surface area contributed by atoms with E-state index in [0.717, 1.165) is 28.6 Å². The molecule has 1 aromatic carbocycles. The average molecular weight is 355 g/mol. The minimum absolute atomic E-state index is 0.226. The van der Waals surface area contributed by atoms with Gasteiger partial charge in [-0.05, 0) is 40.5 Å². The summed E-state index contributed by atoms with van der Waals surface area (Å²) in [5.74, 6) is 0.989. The molecule has 0 aliphatic rings. The van der Waals surface area contributed by atoms with E-state index in [4.69, 9.17) is 4.74 Å². The summed E-state index contributed by atoms with van der Waals surface area (Å²) >= 11 is 3.42. The summed E-state index contributed by atoms with van der Waals surface area (Å²) in [6, 6.07) is 5.54. The second-order valence-corrected chi connectivity index (χ2v) is 6.35. The standard InChI is InChI=1S/C18H27BrO2/c1-3-4-5-6-7-8-9-10-11-17(20)15-12-13-18(21-2)16(19)14-15/h12-14H,3-11H2,1-2H3. The van der Waals surface area contributed by atoms with Crippen LogP contribution in [-0.2, 0) is 0 Å². The van der Waals surface area contributed by atoms with Crippen LogP contribution in [0.2, 0.25) is 0 Å². The molecule has 3 heteroatoms. The lowest BCUT2D eigenvalue weighted by atomic mass is 10.0. The lowest BCUT2D eigenvalue weighted by Gasteiger charge is -2.06. The number of methoxy groups -OCH3 is 1. The SMILES string of the molecule is CCCCCCCCCCC(=O)c1ccc(OC)c(Br)c1. The number of halogens is 1. The fourth-order valence-electron chi connectivity index (χ4n) is 2.40. The molecule has 0 saturated heterocycles. The Hall–Kier alpha value is -0.830. The number of carbonyl (C=O) groups excluding carboxylic acids is 1. The molecule has 0 aromatic heterocycles. The second-order valence-electron chi connectivity index (χ2n) is 5.50. The molecule has 0 aliphatic carbocycles. The molecular formula is C18H27BrO2. The average Bonchev–Trinajstić information content (AvgIpc) is 2.49. The van der Waals surface area contributed by atoms with Crippen LogP contribution in [0.5, 0.6) is 5.75 Å². The van der Waals surface area contributed by atoms with Gasteiger partial charge in [0.2, 0.25) is 0 Å². The van der Waals surface area contributed by atoms with Crippen molar-refractivity contribution in [3.8, 4) is 5.75 Å². The molecule has 0 N–H and O–H groups in total. The number of ketones is 1. The third-order valence-electron chi connectivity index (χ3n) is 3.73. The molecular weight excluding hydrogens is 328 g/mol. The normalized spacial score (nSPS) is 10.6. The number of hydrogen-bond acceptors (Lipinski definition) is 2. The molecule has 0 radical (unpaired) electrons. The molecule has 2 nitrogen and oxygen atoms in total. The Labute approximate surface area is 137 Å². The van der Waals surface area contributed by atoms with Crippen LogP contribution in [0.25, 0.3) is 0 Å². The van der Waals surface area contributed by atoms with Gasteiger partial charge in [-0.25, -0.2) is 0 Å². The van der Waals surface area contributed by atoms with Gasteiger partial charge in [0.15, 0.2) is 5.78 Å². The van der Waals surface area contributed by atoms with E-state index in [0.29, 0.717) is 6.42 Å². The summed E-state index contributed by atoms with van der Waals surface area (Å²) in [5.41, 5.74) is 0.769. The number of rotatable bonds is 11. The smallest absolute Gasteiger partial charge is 0.162 e. The van der Waals surface area contributed by atoms with Crippen molar-refractivity contribution in [2.24, 2.45) is 0 Å². The summed E-state index contributed by atoms with van der Waals surface area (Å²) in [5, 5.41) is 0. The fraction of sp³-hybridized carbons (Fsp3) is 0.611. The van der Waals surface area contributed by atoms with Crippen LogP contribution >= 0.6 is 15.9 Å². The van der Waals surface area contributed by atoms with Gasteiger partial charge in [0, 0.05) is 12.0 Å². The van der Waals surface area contributed by atoms with Crippen LogP contribution in [0.3, 0.4) is 0 Å². The van der Waals surface area contributed by atoms with Gasteiger partial charge in [-0.1, -0.05) is 51.9 Å². The fourth-order valence-corrected chi connectivity index (χ4v) is 2.94. The first-order chi connectivity index (χ1) is 10.2. The van der Waals surface area contributed by atoms with Crippen LogP contribution in [0.1, 0.15) is 75.1 Å². The molecule has 0 bridgehead atoms. The molecule has 0 spiro atoms. The lowest BCUT2D eigenvalue weighted by molar-refractivity contribution is 0.0979. The molecule has 0 heterocycles. The molecule has 21 heavy (non-hydrogen) atoms. The highest BCUT2D eigenvalue weighted by atomic mass is 79.9. The van der Waals surface area contributed by atoms with Crippen molar-refractivity contribution in [3.63, 3.8) is 0 Å². The van der Waals surface area contributed by atoms with Crippen LogP contribution in [0, 0.1) is 0 Å². The number of benzene rings is 1. The first-order valence-corrected chi connectivity index (χ1v) is 8.85. The maximum Gasteiger partial charge on any atom is 0.162 e. The van der Waals surface area contributed by atoms with Crippen molar-refractivity contribution < 1.29 is 9.53 Å². The van der Waals surface area contributed by atoms with E-state index in [1.165, 1.54) is 38.5 Å². The second kappa shape index (κ2) is 10.8. The van der Waals surface area contributed by atoms with Crippen LogP contribution in [-0.4, -0.2) is 12.9 Å². The third kappa shape index (κ3) is 7.12. The van der Waals surface area contributed by atoms with E-state index in [1.54, 1.807) is 7.11 Å². The Morgan fingerprint density at radius 3 is 2.24 bits per heavy atom. The number of ether oxygens (including phenoxy) is 1. The zero-order chi connectivity index (χ0) is 15.5. The summed E-state index contributed by atoms with van der Waals surface area (Å²) in [4.78, 5) is 12.1. The summed E-state index contributed by atoms with van der Waals surface area (Å²) in [7, 11) is 1.63. The Morgan fingerprint density at radius 1 is 1.05 bits per heavy atom. The predicted octanol–water partition coefficient (Wildman–Crippen LogP) is 6.17. The molecule has 0 unspecified atom stereocenters. The van der Waals surface area contributed by atoms with Gasteiger partial charge in [-0.3, -0.25) is 4.79 Å². The Bertz CT molecular complexity index is 429. The zero-order valence-electron chi connectivity index (χ0n) is 13.3. The minimum atomic E-state index is 0.226. The number of unbranched alkanes of at least 4 members (excludes halogenated alkanes) is 7. The maximum atomic E-state index is 12.1. The van der Waals surface area contributed by atoms with Gasteiger partial charge in [0.05, 0.1) is 11.6 Å². The highest BCUT2D eigenvalue weighted by Gasteiger charge is 2.08. The van der Waals surface area contributed by atoms with Gasteiger partial charge in [0.1, 0.15) is 5.75 Å². The molecule has 0 atom stereocenters. The Kier molecular flexibility index (Phi) is 9.40. The third-order valence-corrected chi connectivity index (χ3v) is 4.35. The van der Waals surface area contributed by atoms with Gasteiger partial charge in [-0.2, -0.15) is 0 Å². The molecule has 1 aromatic rings. The summed E-state index contributed by atoms with van der Waals surface area (Å²) in [6.07, 6.45) is 10.7. The van der Waals surface area contributed by atoms with E-state index in [2.05, 4.69) is 22.9 Å². The largest absolute Gasteiger partial charge is 0.496 e. The van der Waals surface area contributed by atoms with Gasteiger partial charge < -0.3 is 4.74 Å². The summed E-state index contributed by atoms with van der Waals surface area (Å²) < 4.78 is 6.01. The quantitative estimate of drug-likeness (QED) is 0.350. The van der Waals surface area contributed by atoms with E-state index in [9.17, 15) is 4.79 Å². The van der Waals surface area contributed by atoms with Crippen LogP contribution in [0.15, 0.2) is 22.7 Å². The summed E-state index contributed by atoms with van der Waals surface area (Å²) in [6.45, 7) is 2.24. The van der Waals surface area contributed by atoms with Gasteiger partial charge >= 0.3 is 0 Å². The van der Waals surface area contributed by atoms with Gasteiger partial charge in [-0.15, -0.1) is 0 Å². The number of carbonyl (C=O) groups is 1. The van der Waals surface area contributed by atoms with E-state index < -0.39 is 0 Å². The van der Waals surface area contributed by atoms with Crippen molar-refractivity contribution in [1.29, 1.82) is 0 Å². The van der Waals surface area contributed by atoms with Crippen molar-refractivity contribution >= 4 is 21.7 Å². The zero-order valence-corrected chi connectivity index (χ0v) is 14.9. The monoisotopic (exact) mass is 354 g/mol. The number of Topliss-reactive ketones (excluding diaryl/α,β-unsaturated/α-hetero) is 1. The first-order valence-electron chi connectivity index (χ1n) is 8.05. The molecule has 0 fully saturated rings. The topological polar surface area (TPSA) is 26.3 Å². The van der Waals surface area contributed by atoms with E-state index in [-0.39, 0.29) is 5.78 Å². The van der Waals surface area contributed by atoms with E-state index in [1.807, 2.05) is 18.2 Å². The number of hydrogen-bond donors (Lipinski definition) is 0. The van der Waals surface area contributed by atoms with E-state index >= 15 is 0 Å². The highest BCUT2D eigenvalue weighted by molar-refractivity contribution is 9.10. The van der Waals surface area contributed by atoms with Crippen molar-refractivity contribution in [1.82, 2.24) is 0 Å². The molecule has 118 valence electrons. The molecule has 1 rings (SSSR count). The molecule has 0 amide bonds. The van der Waals surface area contributed by atoms with Crippen LogP contribution < -0.4 is 4.74 Å². The van der Waals surface area contributed by atoms with Crippen molar-refractivity contribution in [2.45, 2.75) is 64.7 Å². The van der Waals surface area contributed by atoms with Gasteiger partial charge in [0.25, 0.3) is 0 Å². The molecule has 0 saturated carbocycles. The lowest BCUT2D eigenvalue weighted by Crippen LogP contribution is -1.99. The highest BCUT2D eigenvalue weighted by Crippen LogP contribution is 2.26.